The molecule has 2 fully saturated rings. The number of aliphatic carboxylic acids is 1. The van der Waals surface area contributed by atoms with E-state index in [4.69, 9.17) is 77.0 Å². The minimum Gasteiger partial charge on any atom is -0.480 e. The SMILES string of the molecule is C.C.C.C.CC(C)(SC(=S)N1CCCCC1)C(=O)O.CC(C)=O.Cl.ClC(Cl)Cl.S=C([S-])N1CCCCC1.[Na+]. The van der Waals surface area contributed by atoms with Gasteiger partial charge in [0.2, 0.25) is 0 Å². The Bertz CT molecular complexity index is 590. The first-order chi connectivity index (χ1) is 14.7. The normalized spacial score (nSPS) is 13.3. The largest absolute Gasteiger partial charge is 1.00 e. The van der Waals surface area contributed by atoms with Crippen LogP contribution in [0, 0.1) is 0 Å². The number of ketones is 1. The van der Waals surface area contributed by atoms with Gasteiger partial charge in [-0.1, -0.05) is 92.8 Å². The van der Waals surface area contributed by atoms with E-state index in [-0.39, 0.29) is 77.5 Å². The van der Waals surface area contributed by atoms with Gasteiger partial charge in [0.05, 0.1) is 0 Å². The number of alkyl halides is 3. The van der Waals surface area contributed by atoms with Gasteiger partial charge in [0, 0.05) is 26.2 Å². The van der Waals surface area contributed by atoms with Crippen LogP contribution < -0.4 is 29.6 Å². The summed E-state index contributed by atoms with van der Waals surface area (Å²) >= 11 is 30.7. The number of carbonyl (C=O) groups excluding carboxylic acids is 1. The van der Waals surface area contributed by atoms with Crippen LogP contribution in [0.25, 0.3) is 0 Å². The van der Waals surface area contributed by atoms with Crippen molar-refractivity contribution in [1.82, 2.24) is 9.80 Å². The molecule has 0 spiro atoms. The maximum absolute atomic E-state index is 10.9. The van der Waals surface area contributed by atoms with Crippen LogP contribution in [0.2, 0.25) is 0 Å². The van der Waals surface area contributed by atoms with Crippen molar-refractivity contribution >= 4 is 116 Å². The van der Waals surface area contributed by atoms with Gasteiger partial charge >= 0.3 is 35.5 Å². The van der Waals surface area contributed by atoms with Crippen LogP contribution in [0.4, 0.5) is 0 Å². The molecule has 0 aromatic rings. The van der Waals surface area contributed by atoms with Gasteiger partial charge in [-0.2, -0.15) is 0 Å². The number of nitrogens with zero attached hydrogens (tertiary/aromatic N) is 2. The number of rotatable bonds is 2. The average molecular weight is 709 g/mol. The molecule has 0 bridgehead atoms. The Labute approximate surface area is 298 Å². The number of hydrogen-bond acceptors (Lipinski definition) is 6. The minimum absolute atomic E-state index is 0. The van der Waals surface area contributed by atoms with Gasteiger partial charge in [-0.25, -0.2) is 0 Å². The molecule has 0 aliphatic carbocycles. The number of thioether (sulfide) groups is 1. The zero-order chi connectivity index (χ0) is 25.3. The molecule has 5 nitrogen and oxygen atoms in total. The van der Waals surface area contributed by atoms with E-state index in [0.29, 0.717) is 4.32 Å². The summed E-state index contributed by atoms with van der Waals surface area (Å²) in [6.07, 6.45) is 7.44. The summed E-state index contributed by atoms with van der Waals surface area (Å²) in [6, 6.07) is 0. The molecule has 0 radical (unpaired) electrons. The monoisotopic (exact) mass is 706 g/mol. The maximum atomic E-state index is 10.9. The third-order valence-electron chi connectivity index (χ3n) is 4.09. The zero-order valence-corrected chi connectivity index (χ0v) is 28.8. The second-order valence-corrected chi connectivity index (χ2v) is 13.0. The molecule has 2 heterocycles. The number of halogens is 4. The van der Waals surface area contributed by atoms with Gasteiger partial charge in [-0.3, -0.25) is 4.79 Å². The first-order valence-electron chi connectivity index (χ1n) is 10.3. The second-order valence-electron chi connectivity index (χ2n) is 7.70. The Hall–Kier alpha value is 1.65. The van der Waals surface area contributed by atoms with Crippen LogP contribution in [0.3, 0.4) is 0 Å². The molecule has 14 heteroatoms. The molecule has 1 N–H and O–H groups in total. The van der Waals surface area contributed by atoms with E-state index in [2.05, 4.69) is 9.80 Å². The fourth-order valence-corrected chi connectivity index (χ4v) is 4.49. The smallest absolute Gasteiger partial charge is 0.480 e. The molecular formula is C24H51Cl4N2NaO3S4. The molecule has 0 amide bonds. The van der Waals surface area contributed by atoms with E-state index in [1.54, 1.807) is 13.8 Å². The summed E-state index contributed by atoms with van der Waals surface area (Å²) in [5.74, 6) is -0.646. The van der Waals surface area contributed by atoms with Gasteiger partial charge in [0.15, 0.2) is 4.30 Å². The molecule has 0 atom stereocenters. The minimum atomic E-state index is -0.825. The summed E-state index contributed by atoms with van der Waals surface area (Å²) in [4.78, 5) is 24.6. The molecule has 2 saturated heterocycles. The molecule has 0 unspecified atom stereocenters. The van der Waals surface area contributed by atoms with Crippen LogP contribution in [0.15, 0.2) is 0 Å². The number of carbonyl (C=O) groups is 2. The Morgan fingerprint density at radius 2 is 1.11 bits per heavy atom. The van der Waals surface area contributed by atoms with Crippen molar-refractivity contribution in [2.24, 2.45) is 0 Å². The fraction of sp³-hybridized carbons (Fsp3) is 0.833. The number of Topliss-reactive ketones (excluding diaryl/α,β-unsaturated/α-hetero) is 1. The first-order valence-corrected chi connectivity index (χ1v) is 13.6. The van der Waals surface area contributed by atoms with Crippen molar-refractivity contribution in [3.8, 4) is 0 Å². The van der Waals surface area contributed by atoms with Crippen LogP contribution in [0.5, 0.6) is 0 Å². The van der Waals surface area contributed by atoms with Gasteiger partial charge in [-0.15, -0.1) is 12.4 Å². The van der Waals surface area contributed by atoms with Crippen molar-refractivity contribution in [1.29, 1.82) is 0 Å². The van der Waals surface area contributed by atoms with Crippen LogP contribution in [0.1, 0.15) is 95.9 Å². The third kappa shape index (κ3) is 37.6. The van der Waals surface area contributed by atoms with E-state index < -0.39 is 15.0 Å². The van der Waals surface area contributed by atoms with E-state index in [1.807, 2.05) is 0 Å². The van der Waals surface area contributed by atoms with Crippen LogP contribution in [-0.4, -0.2) is 70.5 Å². The summed E-state index contributed by atoms with van der Waals surface area (Å²) in [5.41, 5.74) is 0. The van der Waals surface area contributed by atoms with Gasteiger partial charge < -0.3 is 44.5 Å². The molecule has 228 valence electrons. The molecule has 0 aromatic carbocycles. The third-order valence-corrected chi connectivity index (χ3v) is 6.23. The topological polar surface area (TPSA) is 60.9 Å². The Morgan fingerprint density at radius 3 is 1.32 bits per heavy atom. The van der Waals surface area contributed by atoms with Gasteiger partial charge in [0.25, 0.3) is 0 Å². The van der Waals surface area contributed by atoms with Crippen molar-refractivity contribution in [3.05, 3.63) is 0 Å². The van der Waals surface area contributed by atoms with E-state index >= 15 is 0 Å². The first kappa shape index (κ1) is 59.1. The standard InChI is InChI=1S/C10H17NO2S2.C6H11NS2.C3H6O.CHCl3.4CH4.ClH.Na/c1-10(2,8(12)13)15-9(14)11-6-4-3-5-7-11;8-6(9)7-4-2-1-3-5-7;1-3(2)4;2-1(3)4;;;;;;/h3-7H2,1-2H3,(H,12,13);1-5H2,(H,8,9);1-2H3;1H;4*1H4;1H;/q;;;;;;;;;+1/p-1. The summed E-state index contributed by atoms with van der Waals surface area (Å²) in [5, 5.41) is 8.99. The van der Waals surface area contributed by atoms with Crippen LogP contribution in [-0.2, 0) is 22.2 Å². The number of likely N-dealkylation sites (tertiary alicyclic amines) is 2. The molecule has 0 aromatic heterocycles. The quantitative estimate of drug-likeness (QED) is 0.156. The molecule has 2 aliphatic rings. The maximum Gasteiger partial charge on any atom is 1.00 e. The van der Waals surface area contributed by atoms with Gasteiger partial charge in [-0.05, 0) is 66.2 Å². The molecule has 38 heavy (non-hydrogen) atoms. The predicted molar refractivity (Wildman–Crippen MR) is 185 cm³/mol. The Kier molecular flexibility index (Phi) is 54.2. The number of thiocarbonyl (C=S) groups is 2. The van der Waals surface area contributed by atoms with Crippen molar-refractivity contribution in [3.63, 3.8) is 0 Å². The van der Waals surface area contributed by atoms with E-state index in [1.165, 1.54) is 51.3 Å². The zero-order valence-electron chi connectivity index (χ0n) is 20.5. The predicted octanol–water partition coefficient (Wildman–Crippen LogP) is 6.21. The van der Waals surface area contributed by atoms with E-state index in [9.17, 15) is 9.59 Å². The number of piperidine rings is 2. The molecule has 0 saturated carbocycles. The summed E-state index contributed by atoms with van der Waals surface area (Å²) in [6.45, 7) is 10.6. The molecular weight excluding hydrogens is 657 g/mol. The average Bonchev–Trinajstić information content (AvgIpc) is 2.68. The number of carboxylic acid groups (broad SMARTS) is 1. The van der Waals surface area contributed by atoms with E-state index in [0.717, 1.165) is 43.3 Å². The number of hydrogen-bond donors (Lipinski definition) is 1. The Balaban J connectivity index is -0.0000000569. The summed E-state index contributed by atoms with van der Waals surface area (Å²) < 4.78 is -0.203. The molecule has 2 rings (SSSR count). The van der Waals surface area contributed by atoms with Crippen molar-refractivity contribution in [2.45, 2.75) is 105 Å². The Morgan fingerprint density at radius 1 is 0.842 bits per heavy atom. The van der Waals surface area contributed by atoms with Crippen LogP contribution >= 0.6 is 83.4 Å². The van der Waals surface area contributed by atoms with Gasteiger partial charge in [0.1, 0.15) is 14.9 Å². The van der Waals surface area contributed by atoms with Crippen molar-refractivity contribution in [2.75, 3.05) is 26.2 Å². The fourth-order valence-electron chi connectivity index (χ4n) is 2.48. The summed E-state index contributed by atoms with van der Waals surface area (Å²) in [7, 11) is 0. The molecule has 2 aliphatic heterocycles. The van der Waals surface area contributed by atoms with Crippen molar-refractivity contribution < 1.29 is 44.3 Å². The number of carboxylic acids is 1. The second kappa shape index (κ2) is 34.8.